The van der Waals surface area contributed by atoms with E-state index in [1.165, 1.54) is 81.4 Å². The van der Waals surface area contributed by atoms with E-state index in [4.69, 9.17) is 5.73 Å². The maximum absolute atomic E-state index is 6.17. The van der Waals surface area contributed by atoms with Crippen LogP contribution >= 0.6 is 34.4 Å². The van der Waals surface area contributed by atoms with Gasteiger partial charge < -0.3 is 10.3 Å². The van der Waals surface area contributed by atoms with Gasteiger partial charge in [0.2, 0.25) is 0 Å². The van der Waals surface area contributed by atoms with Crippen molar-refractivity contribution < 1.29 is 0 Å². The topological polar surface area (TPSA) is 30.9 Å². The van der Waals surface area contributed by atoms with E-state index in [0.717, 1.165) is 17.3 Å². The van der Waals surface area contributed by atoms with Gasteiger partial charge >= 0.3 is 0 Å². The minimum Gasteiger partial charge on any atom is -0.405 e. The SMILES string of the molecule is N/C=C\c1c(CI)c(-c2ccc3ccccc3c2)c2ccccc2c1SC1=Cc2c(n(-c3ccccc3)c3ccccc23)CC1. The number of thioether (sulfide) groups is 1. The third-order valence-corrected chi connectivity index (χ3v) is 10.9. The fraction of sp³-hybridized carbons (Fsp3) is 0.0732. The zero-order valence-corrected chi connectivity index (χ0v) is 27.7. The highest BCUT2D eigenvalue weighted by Crippen LogP contribution is 2.48. The second-order valence-corrected chi connectivity index (χ2v) is 13.4. The zero-order valence-electron chi connectivity index (χ0n) is 24.7. The van der Waals surface area contributed by atoms with Crippen molar-refractivity contribution in [2.45, 2.75) is 22.2 Å². The molecule has 218 valence electrons. The summed E-state index contributed by atoms with van der Waals surface area (Å²) < 4.78 is 3.33. The Balaban J connectivity index is 1.31. The van der Waals surface area contributed by atoms with Crippen LogP contribution in [0.3, 0.4) is 0 Å². The van der Waals surface area contributed by atoms with E-state index in [1.807, 2.05) is 11.8 Å². The lowest BCUT2D eigenvalue weighted by atomic mass is 9.89. The molecule has 0 aliphatic heterocycles. The molecule has 0 radical (unpaired) electrons. The summed E-state index contributed by atoms with van der Waals surface area (Å²) in [7, 11) is 0. The molecule has 1 heterocycles. The van der Waals surface area contributed by atoms with Crippen molar-refractivity contribution in [3.63, 3.8) is 0 Å². The summed E-state index contributed by atoms with van der Waals surface area (Å²) in [6, 6.07) is 43.9. The number of alkyl halides is 1. The van der Waals surface area contributed by atoms with Gasteiger partial charge in [-0.05, 0) is 104 Å². The van der Waals surface area contributed by atoms with Crippen molar-refractivity contribution in [2.75, 3.05) is 0 Å². The quantitative estimate of drug-likeness (QED) is 0.138. The lowest BCUT2D eigenvalue weighted by Crippen LogP contribution is -2.05. The van der Waals surface area contributed by atoms with Crippen LogP contribution in [-0.2, 0) is 10.8 Å². The number of hydrogen-bond acceptors (Lipinski definition) is 2. The minimum atomic E-state index is 0.881. The third kappa shape index (κ3) is 4.88. The van der Waals surface area contributed by atoms with Crippen LogP contribution in [0, 0.1) is 0 Å². The first kappa shape index (κ1) is 28.2. The van der Waals surface area contributed by atoms with Crippen LogP contribution in [-0.4, -0.2) is 4.57 Å². The fourth-order valence-electron chi connectivity index (χ4n) is 6.96. The van der Waals surface area contributed by atoms with Gasteiger partial charge in [-0.15, -0.1) is 0 Å². The Hall–Kier alpha value is -4.26. The molecule has 0 spiro atoms. The molecule has 0 saturated heterocycles. The van der Waals surface area contributed by atoms with Gasteiger partial charge in [0.15, 0.2) is 0 Å². The lowest BCUT2D eigenvalue weighted by molar-refractivity contribution is 0.881. The summed E-state index contributed by atoms with van der Waals surface area (Å²) >= 11 is 4.44. The number of nitrogens with zero attached hydrogens (tertiary/aromatic N) is 1. The van der Waals surface area contributed by atoms with Crippen LogP contribution in [0.25, 0.3) is 61.4 Å². The van der Waals surface area contributed by atoms with Crippen molar-refractivity contribution in [3.8, 4) is 16.8 Å². The average molecular weight is 711 g/mol. The molecule has 8 rings (SSSR count). The molecule has 1 aliphatic rings. The molecule has 2 N–H and O–H groups in total. The number of nitrogens with two attached hydrogens (primary N) is 1. The second-order valence-electron chi connectivity index (χ2n) is 11.5. The molecule has 2 nitrogen and oxygen atoms in total. The Morgan fingerprint density at radius 1 is 0.733 bits per heavy atom. The van der Waals surface area contributed by atoms with E-state index in [-0.39, 0.29) is 0 Å². The lowest BCUT2D eigenvalue weighted by Gasteiger charge is -2.22. The number of para-hydroxylation sites is 2. The fourth-order valence-corrected chi connectivity index (χ4v) is 8.98. The Kier molecular flexibility index (Phi) is 7.48. The maximum Gasteiger partial charge on any atom is 0.0537 e. The molecule has 0 bridgehead atoms. The van der Waals surface area contributed by atoms with Crippen molar-refractivity contribution in [1.29, 1.82) is 0 Å². The number of hydrogen-bond donors (Lipinski definition) is 1. The summed E-state index contributed by atoms with van der Waals surface area (Å²) in [5.41, 5.74) is 16.5. The van der Waals surface area contributed by atoms with E-state index < -0.39 is 0 Å². The summed E-state index contributed by atoms with van der Waals surface area (Å²) in [6.07, 6.45) is 8.24. The third-order valence-electron chi connectivity index (χ3n) is 8.92. The molecule has 0 atom stereocenters. The van der Waals surface area contributed by atoms with Gasteiger partial charge in [-0.3, -0.25) is 0 Å². The van der Waals surface area contributed by atoms with E-state index in [9.17, 15) is 0 Å². The molecule has 0 amide bonds. The van der Waals surface area contributed by atoms with Crippen LogP contribution in [0.4, 0.5) is 0 Å². The summed E-state index contributed by atoms with van der Waals surface area (Å²) in [6.45, 7) is 0. The maximum atomic E-state index is 6.17. The van der Waals surface area contributed by atoms with Crippen LogP contribution in [0.5, 0.6) is 0 Å². The van der Waals surface area contributed by atoms with Gasteiger partial charge in [-0.2, -0.15) is 0 Å². The second kappa shape index (κ2) is 11.9. The van der Waals surface area contributed by atoms with Crippen LogP contribution in [0.2, 0.25) is 0 Å². The van der Waals surface area contributed by atoms with Gasteiger partial charge in [0.1, 0.15) is 0 Å². The van der Waals surface area contributed by atoms with Crippen molar-refractivity contribution in [3.05, 3.63) is 155 Å². The molecular formula is C41H31IN2S. The minimum absolute atomic E-state index is 0.881. The summed E-state index contributed by atoms with van der Waals surface area (Å²) in [5, 5.41) is 6.37. The number of fused-ring (bicyclic) bond motifs is 5. The summed E-state index contributed by atoms with van der Waals surface area (Å²) in [5.74, 6) is 0. The van der Waals surface area contributed by atoms with Gasteiger partial charge in [-0.25, -0.2) is 0 Å². The Labute approximate surface area is 281 Å². The number of halogens is 1. The molecule has 4 heteroatoms. The Bertz CT molecular complexity index is 2300. The van der Waals surface area contributed by atoms with Gasteiger partial charge in [0.25, 0.3) is 0 Å². The molecule has 0 unspecified atom stereocenters. The van der Waals surface area contributed by atoms with Gasteiger partial charge in [0, 0.05) is 31.7 Å². The van der Waals surface area contributed by atoms with Crippen LogP contribution in [0.15, 0.2) is 137 Å². The van der Waals surface area contributed by atoms with Crippen molar-refractivity contribution in [2.24, 2.45) is 5.73 Å². The predicted molar refractivity (Wildman–Crippen MR) is 203 cm³/mol. The zero-order chi connectivity index (χ0) is 30.3. The molecular weight excluding hydrogens is 679 g/mol. The molecule has 1 aromatic heterocycles. The average Bonchev–Trinajstić information content (AvgIpc) is 3.43. The molecule has 6 aromatic carbocycles. The largest absolute Gasteiger partial charge is 0.405 e. The molecule has 7 aromatic rings. The predicted octanol–water partition coefficient (Wildman–Crippen LogP) is 11.5. The highest BCUT2D eigenvalue weighted by Gasteiger charge is 2.24. The first-order valence-corrected chi connectivity index (χ1v) is 17.7. The first-order valence-electron chi connectivity index (χ1n) is 15.3. The van der Waals surface area contributed by atoms with E-state index in [1.54, 1.807) is 6.20 Å². The number of allylic oxidation sites excluding steroid dienone is 1. The van der Waals surface area contributed by atoms with Crippen LogP contribution < -0.4 is 5.73 Å². The van der Waals surface area contributed by atoms with Gasteiger partial charge in [-0.1, -0.05) is 131 Å². The molecule has 0 saturated carbocycles. The first-order chi connectivity index (χ1) is 22.2. The van der Waals surface area contributed by atoms with E-state index in [0.29, 0.717) is 0 Å². The number of rotatable bonds is 6. The summed E-state index contributed by atoms with van der Waals surface area (Å²) in [4.78, 5) is 2.66. The smallest absolute Gasteiger partial charge is 0.0537 e. The molecule has 0 fully saturated rings. The van der Waals surface area contributed by atoms with Crippen LogP contribution in [0.1, 0.15) is 28.8 Å². The highest BCUT2D eigenvalue weighted by molar-refractivity contribution is 14.1. The number of aromatic nitrogens is 1. The number of benzene rings is 6. The normalized spacial score (nSPS) is 13.1. The van der Waals surface area contributed by atoms with Crippen molar-refractivity contribution in [1.82, 2.24) is 4.57 Å². The molecule has 1 aliphatic carbocycles. The van der Waals surface area contributed by atoms with E-state index in [2.05, 4.69) is 161 Å². The molecule has 45 heavy (non-hydrogen) atoms. The van der Waals surface area contributed by atoms with E-state index >= 15 is 0 Å². The standard InChI is InChI=1S/C41H31IN2S/c42-26-37-35(22-23-43)41(34-16-7-6-15-33(34)40(37)29-19-18-27-10-4-5-11-28(27)24-29)45-31-20-21-39-36(25-31)32-14-8-9-17-38(32)44(39)30-12-2-1-3-13-30/h1-19,22-25H,20-21,26,43H2/b23-22-. The van der Waals surface area contributed by atoms with Gasteiger partial charge in [0.05, 0.1) is 5.52 Å². The highest BCUT2D eigenvalue weighted by atomic mass is 127. The Morgan fingerprint density at radius 2 is 1.44 bits per heavy atom. The monoisotopic (exact) mass is 710 g/mol. The Morgan fingerprint density at radius 3 is 2.24 bits per heavy atom. The van der Waals surface area contributed by atoms with Crippen molar-refractivity contribution >= 4 is 79.0 Å².